The van der Waals surface area contributed by atoms with Crippen molar-refractivity contribution in [2.75, 3.05) is 0 Å². The number of nitrogens with one attached hydrogen (secondary N) is 1. The summed E-state index contributed by atoms with van der Waals surface area (Å²) in [6.07, 6.45) is 11.0. The highest BCUT2D eigenvalue weighted by Gasteiger charge is 2.52. The van der Waals surface area contributed by atoms with Crippen molar-refractivity contribution in [2.24, 2.45) is 17.8 Å². The molecule has 1 N–H and O–H groups in total. The van der Waals surface area contributed by atoms with Crippen LogP contribution in [0.15, 0.2) is 35.0 Å². The van der Waals surface area contributed by atoms with Gasteiger partial charge in [0.15, 0.2) is 0 Å². The van der Waals surface area contributed by atoms with E-state index in [-0.39, 0.29) is 11.8 Å². The van der Waals surface area contributed by atoms with Crippen LogP contribution >= 0.6 is 0 Å². The Balaban J connectivity index is 1.54. The van der Waals surface area contributed by atoms with Crippen molar-refractivity contribution in [3.05, 3.63) is 36.3 Å². The number of carbonyl (C=O) groups excluding carboxylic acids is 1. The molecule has 1 heterocycles. The zero-order valence-corrected chi connectivity index (χ0v) is 10.5. The summed E-state index contributed by atoms with van der Waals surface area (Å²) in [5.74, 6) is 2.28. The molecule has 3 atom stereocenters. The number of hydrogen-bond donors (Lipinski definition) is 1. The van der Waals surface area contributed by atoms with Gasteiger partial charge in [0.1, 0.15) is 5.76 Å². The second kappa shape index (κ2) is 5.01. The number of hydrogen-bond acceptors (Lipinski definition) is 2. The third-order valence-electron chi connectivity index (χ3n) is 4.07. The molecule has 2 aliphatic carbocycles. The normalized spacial score (nSPS) is 30.1. The fourth-order valence-corrected chi connectivity index (χ4v) is 3.00. The molecule has 0 spiro atoms. The Morgan fingerprint density at radius 3 is 3.22 bits per heavy atom. The van der Waals surface area contributed by atoms with Gasteiger partial charge in [-0.3, -0.25) is 4.79 Å². The SMILES string of the molecule is O=C(NCc1ccco1)[C@@H]1[C@H]2C=CCCCC[C@@H]21. The third kappa shape index (κ3) is 2.35. The quantitative estimate of drug-likeness (QED) is 0.832. The highest BCUT2D eigenvalue weighted by atomic mass is 16.3. The third-order valence-corrected chi connectivity index (χ3v) is 4.07. The Hall–Kier alpha value is -1.51. The van der Waals surface area contributed by atoms with E-state index in [1.54, 1.807) is 6.26 Å². The first-order chi connectivity index (χ1) is 8.86. The van der Waals surface area contributed by atoms with Crippen LogP contribution in [-0.2, 0) is 11.3 Å². The molecular formula is C15H19NO2. The topological polar surface area (TPSA) is 42.2 Å². The van der Waals surface area contributed by atoms with Crippen LogP contribution in [0.5, 0.6) is 0 Å². The molecule has 1 amide bonds. The summed E-state index contributed by atoms with van der Waals surface area (Å²) >= 11 is 0. The van der Waals surface area contributed by atoms with E-state index in [4.69, 9.17) is 4.42 Å². The van der Waals surface area contributed by atoms with E-state index in [1.165, 1.54) is 25.7 Å². The van der Waals surface area contributed by atoms with Crippen molar-refractivity contribution in [1.82, 2.24) is 5.32 Å². The van der Waals surface area contributed by atoms with Gasteiger partial charge in [0.05, 0.1) is 12.8 Å². The van der Waals surface area contributed by atoms with Crippen LogP contribution in [0.25, 0.3) is 0 Å². The molecule has 96 valence electrons. The highest BCUT2D eigenvalue weighted by molar-refractivity contribution is 5.82. The minimum absolute atomic E-state index is 0.188. The van der Waals surface area contributed by atoms with Gasteiger partial charge in [-0.25, -0.2) is 0 Å². The van der Waals surface area contributed by atoms with Crippen LogP contribution in [0.1, 0.15) is 31.4 Å². The first kappa shape index (κ1) is 11.6. The summed E-state index contributed by atoms with van der Waals surface area (Å²) in [5, 5.41) is 2.98. The van der Waals surface area contributed by atoms with Gasteiger partial charge in [-0.15, -0.1) is 0 Å². The summed E-state index contributed by atoms with van der Waals surface area (Å²) in [5.41, 5.74) is 0. The zero-order chi connectivity index (χ0) is 12.4. The molecule has 2 aliphatic rings. The Labute approximate surface area is 107 Å². The molecule has 1 fully saturated rings. The maximum Gasteiger partial charge on any atom is 0.224 e. The van der Waals surface area contributed by atoms with E-state index in [9.17, 15) is 4.79 Å². The molecule has 3 rings (SSSR count). The Morgan fingerprint density at radius 2 is 2.39 bits per heavy atom. The molecule has 1 aromatic rings. The number of allylic oxidation sites excluding steroid dienone is 2. The number of amides is 1. The molecule has 0 radical (unpaired) electrons. The van der Waals surface area contributed by atoms with Gasteiger partial charge in [-0.05, 0) is 43.2 Å². The van der Waals surface area contributed by atoms with Gasteiger partial charge in [0.2, 0.25) is 5.91 Å². The minimum atomic E-state index is 0.188. The van der Waals surface area contributed by atoms with Gasteiger partial charge in [-0.2, -0.15) is 0 Å². The lowest BCUT2D eigenvalue weighted by Crippen LogP contribution is -2.25. The van der Waals surface area contributed by atoms with Crippen molar-refractivity contribution < 1.29 is 9.21 Å². The average molecular weight is 245 g/mol. The largest absolute Gasteiger partial charge is 0.467 e. The monoisotopic (exact) mass is 245 g/mol. The van der Waals surface area contributed by atoms with Crippen molar-refractivity contribution in [2.45, 2.75) is 32.2 Å². The van der Waals surface area contributed by atoms with Crippen LogP contribution in [0.3, 0.4) is 0 Å². The molecule has 3 nitrogen and oxygen atoms in total. The average Bonchev–Trinajstić information content (AvgIpc) is 2.79. The molecule has 0 bridgehead atoms. The summed E-state index contributed by atoms with van der Waals surface area (Å²) in [4.78, 5) is 12.1. The van der Waals surface area contributed by atoms with Crippen LogP contribution in [0, 0.1) is 17.8 Å². The lowest BCUT2D eigenvalue weighted by atomic mass is 10.1. The fourth-order valence-electron chi connectivity index (χ4n) is 3.00. The van der Waals surface area contributed by atoms with Gasteiger partial charge >= 0.3 is 0 Å². The first-order valence-electron chi connectivity index (χ1n) is 6.83. The first-order valence-corrected chi connectivity index (χ1v) is 6.83. The molecule has 0 unspecified atom stereocenters. The number of fused-ring (bicyclic) bond motifs is 1. The van der Waals surface area contributed by atoms with E-state index >= 15 is 0 Å². The second-order valence-electron chi connectivity index (χ2n) is 5.28. The Kier molecular flexibility index (Phi) is 3.22. The van der Waals surface area contributed by atoms with E-state index in [2.05, 4.69) is 17.5 Å². The van der Waals surface area contributed by atoms with Crippen molar-refractivity contribution in [3.63, 3.8) is 0 Å². The zero-order valence-electron chi connectivity index (χ0n) is 10.5. The maximum absolute atomic E-state index is 12.1. The number of carbonyl (C=O) groups is 1. The van der Waals surface area contributed by atoms with E-state index < -0.39 is 0 Å². The van der Waals surface area contributed by atoms with Crippen LogP contribution in [0.4, 0.5) is 0 Å². The standard InChI is InChI=1S/C15H19NO2/c17-15(16-10-11-6-5-9-18-11)14-12-7-3-1-2-4-8-13(12)14/h3,5-7,9,12-14H,1-2,4,8,10H2,(H,16,17)/t12-,13-,14+/m0/s1. The van der Waals surface area contributed by atoms with Gasteiger partial charge in [-0.1, -0.05) is 18.6 Å². The number of rotatable bonds is 3. The van der Waals surface area contributed by atoms with Crippen molar-refractivity contribution in [1.29, 1.82) is 0 Å². The van der Waals surface area contributed by atoms with Crippen LogP contribution < -0.4 is 5.32 Å². The predicted octanol–water partition coefficient (Wildman–Crippen LogP) is 2.89. The van der Waals surface area contributed by atoms with Crippen LogP contribution in [0.2, 0.25) is 0 Å². The molecule has 0 aromatic carbocycles. The molecule has 1 saturated carbocycles. The predicted molar refractivity (Wildman–Crippen MR) is 68.6 cm³/mol. The Bertz CT molecular complexity index is 435. The molecular weight excluding hydrogens is 226 g/mol. The molecule has 1 aromatic heterocycles. The second-order valence-corrected chi connectivity index (χ2v) is 5.28. The molecule has 3 heteroatoms. The smallest absolute Gasteiger partial charge is 0.224 e. The van der Waals surface area contributed by atoms with E-state index in [1.807, 2.05) is 12.1 Å². The summed E-state index contributed by atoms with van der Waals surface area (Å²) in [6.45, 7) is 0.505. The summed E-state index contributed by atoms with van der Waals surface area (Å²) < 4.78 is 5.21. The number of furan rings is 1. The van der Waals surface area contributed by atoms with Crippen molar-refractivity contribution >= 4 is 5.91 Å². The summed E-state index contributed by atoms with van der Waals surface area (Å²) in [7, 11) is 0. The maximum atomic E-state index is 12.1. The van der Waals surface area contributed by atoms with E-state index in [0.29, 0.717) is 18.4 Å². The lowest BCUT2D eigenvalue weighted by molar-refractivity contribution is -0.123. The van der Waals surface area contributed by atoms with Crippen LogP contribution in [-0.4, -0.2) is 5.91 Å². The lowest BCUT2D eigenvalue weighted by Gasteiger charge is -2.02. The van der Waals surface area contributed by atoms with Gasteiger partial charge in [0, 0.05) is 5.92 Å². The molecule has 18 heavy (non-hydrogen) atoms. The fraction of sp³-hybridized carbons (Fsp3) is 0.533. The summed E-state index contributed by atoms with van der Waals surface area (Å²) in [6, 6.07) is 3.73. The Morgan fingerprint density at radius 1 is 1.44 bits per heavy atom. The minimum Gasteiger partial charge on any atom is -0.467 e. The van der Waals surface area contributed by atoms with Gasteiger partial charge in [0.25, 0.3) is 0 Å². The molecule has 0 saturated heterocycles. The van der Waals surface area contributed by atoms with Crippen molar-refractivity contribution in [3.8, 4) is 0 Å². The van der Waals surface area contributed by atoms with E-state index in [0.717, 1.165) is 5.76 Å². The molecule has 0 aliphatic heterocycles. The highest BCUT2D eigenvalue weighted by Crippen LogP contribution is 2.51. The van der Waals surface area contributed by atoms with Gasteiger partial charge < -0.3 is 9.73 Å².